The van der Waals surface area contributed by atoms with Crippen molar-refractivity contribution in [3.05, 3.63) is 75.8 Å². The number of hydrogen-bond donors (Lipinski definition) is 2. The first-order valence-electron chi connectivity index (χ1n) is 11.8. The molecule has 4 rings (SSSR count). The molecule has 0 saturated heterocycles. The lowest BCUT2D eigenvalue weighted by molar-refractivity contribution is -0.138. The minimum atomic E-state index is -1.10. The van der Waals surface area contributed by atoms with Crippen LogP contribution in [0.3, 0.4) is 0 Å². The van der Waals surface area contributed by atoms with Gasteiger partial charge in [-0.1, -0.05) is 35.3 Å². The molecule has 1 heterocycles. The SMILES string of the molecule is N[C@@H](Cc1cc(Cl)c(OCc2cccc3nc(-c4ccc(N(CCCl)CCCl)cc4)oc23)c(Cl)c1)C(=O)O. The fourth-order valence-corrected chi connectivity index (χ4v) is 5.04. The van der Waals surface area contributed by atoms with Crippen LogP contribution >= 0.6 is 46.4 Å². The second kappa shape index (κ2) is 12.9. The number of para-hydroxylation sites is 1. The van der Waals surface area contributed by atoms with E-state index in [2.05, 4.69) is 9.88 Å². The van der Waals surface area contributed by atoms with Crippen molar-refractivity contribution in [1.29, 1.82) is 0 Å². The monoisotopic (exact) mass is 595 g/mol. The average molecular weight is 597 g/mol. The summed E-state index contributed by atoms with van der Waals surface area (Å²) in [6, 6.07) is 15.6. The Morgan fingerprint density at radius 2 is 1.71 bits per heavy atom. The first-order chi connectivity index (χ1) is 18.3. The lowest BCUT2D eigenvalue weighted by Gasteiger charge is -2.22. The molecule has 0 spiro atoms. The number of aromatic nitrogens is 1. The lowest BCUT2D eigenvalue weighted by Crippen LogP contribution is -2.32. The number of ether oxygens (including phenoxy) is 1. The smallest absolute Gasteiger partial charge is 0.320 e. The zero-order valence-corrected chi connectivity index (χ0v) is 23.2. The first kappa shape index (κ1) is 28.3. The highest BCUT2D eigenvalue weighted by Gasteiger charge is 2.17. The third kappa shape index (κ3) is 6.65. The number of carbonyl (C=O) groups is 1. The summed E-state index contributed by atoms with van der Waals surface area (Å²) < 4.78 is 12.1. The molecule has 3 N–H and O–H groups in total. The van der Waals surface area contributed by atoms with E-state index >= 15 is 0 Å². The summed E-state index contributed by atoms with van der Waals surface area (Å²) >= 11 is 24.6. The van der Waals surface area contributed by atoms with Crippen molar-refractivity contribution < 1.29 is 19.1 Å². The van der Waals surface area contributed by atoms with Gasteiger partial charge < -0.3 is 24.9 Å². The van der Waals surface area contributed by atoms with Crippen molar-refractivity contribution in [1.82, 2.24) is 4.98 Å². The van der Waals surface area contributed by atoms with Crippen LogP contribution in [0, 0.1) is 0 Å². The highest BCUT2D eigenvalue weighted by atomic mass is 35.5. The summed E-state index contributed by atoms with van der Waals surface area (Å²) in [6.45, 7) is 1.53. The Labute approximate surface area is 240 Å². The Bertz CT molecular complexity index is 1380. The Morgan fingerprint density at radius 3 is 2.32 bits per heavy atom. The molecule has 0 saturated carbocycles. The Balaban J connectivity index is 1.53. The van der Waals surface area contributed by atoms with E-state index in [0.29, 0.717) is 47.4 Å². The van der Waals surface area contributed by atoms with E-state index in [9.17, 15) is 4.79 Å². The topological polar surface area (TPSA) is 102 Å². The molecule has 0 unspecified atom stereocenters. The number of nitrogens with zero attached hydrogens (tertiary/aromatic N) is 2. The summed E-state index contributed by atoms with van der Waals surface area (Å²) in [5, 5.41) is 9.56. The number of rotatable bonds is 12. The number of alkyl halides is 2. The lowest BCUT2D eigenvalue weighted by atomic mass is 10.1. The summed E-state index contributed by atoms with van der Waals surface area (Å²) in [5.74, 6) is 0.678. The van der Waals surface area contributed by atoms with Gasteiger partial charge in [-0.25, -0.2) is 4.98 Å². The Kier molecular flexibility index (Phi) is 9.63. The van der Waals surface area contributed by atoms with Gasteiger partial charge in [0.1, 0.15) is 18.2 Å². The van der Waals surface area contributed by atoms with Crippen LogP contribution in [0.4, 0.5) is 5.69 Å². The van der Waals surface area contributed by atoms with Gasteiger partial charge in [0.2, 0.25) is 5.89 Å². The molecule has 0 radical (unpaired) electrons. The minimum absolute atomic E-state index is 0.0909. The van der Waals surface area contributed by atoms with Gasteiger partial charge in [-0.2, -0.15) is 0 Å². The summed E-state index contributed by atoms with van der Waals surface area (Å²) in [7, 11) is 0. The third-order valence-corrected chi connectivity index (χ3v) is 6.79. The second-order valence-corrected chi connectivity index (χ2v) is 10.1. The zero-order chi connectivity index (χ0) is 27.2. The number of anilines is 1. The van der Waals surface area contributed by atoms with Crippen LogP contribution in [0.1, 0.15) is 11.1 Å². The molecule has 4 aromatic rings. The highest BCUT2D eigenvalue weighted by Crippen LogP contribution is 2.36. The van der Waals surface area contributed by atoms with Gasteiger partial charge in [0.15, 0.2) is 11.3 Å². The van der Waals surface area contributed by atoms with Crippen molar-refractivity contribution in [3.8, 4) is 17.2 Å². The van der Waals surface area contributed by atoms with Crippen molar-refractivity contribution in [2.24, 2.45) is 5.73 Å². The Hall–Kier alpha value is -2.68. The van der Waals surface area contributed by atoms with Crippen LogP contribution in [0.15, 0.2) is 59.0 Å². The fraction of sp³-hybridized carbons (Fsp3) is 0.259. The number of carboxylic acid groups (broad SMARTS) is 1. The number of oxazole rings is 1. The maximum atomic E-state index is 11.0. The average Bonchev–Trinajstić information content (AvgIpc) is 3.33. The Morgan fingerprint density at radius 1 is 1.05 bits per heavy atom. The van der Waals surface area contributed by atoms with E-state index in [0.717, 1.165) is 16.8 Å². The van der Waals surface area contributed by atoms with Crippen molar-refractivity contribution >= 4 is 69.2 Å². The minimum Gasteiger partial charge on any atom is -0.486 e. The summed E-state index contributed by atoms with van der Waals surface area (Å²) in [4.78, 5) is 17.8. The van der Waals surface area contributed by atoms with Crippen molar-refractivity contribution in [2.75, 3.05) is 29.7 Å². The van der Waals surface area contributed by atoms with E-state index in [-0.39, 0.29) is 28.8 Å². The van der Waals surface area contributed by atoms with Gasteiger partial charge in [-0.3, -0.25) is 4.79 Å². The number of fused-ring (bicyclic) bond motifs is 1. The largest absolute Gasteiger partial charge is 0.486 e. The zero-order valence-electron chi connectivity index (χ0n) is 20.2. The van der Waals surface area contributed by atoms with Crippen LogP contribution in [-0.2, 0) is 17.8 Å². The van der Waals surface area contributed by atoms with Crippen LogP contribution in [0.2, 0.25) is 10.0 Å². The normalized spacial score (nSPS) is 12.0. The van der Waals surface area contributed by atoms with Gasteiger partial charge in [-0.05, 0) is 54.4 Å². The standard InChI is InChI=1S/C27H25Cl4N3O4/c28-8-10-34(11-9-29)19-6-4-17(5-7-19)26-33-23-3-1-2-18(24(23)38-26)15-37-25-20(30)12-16(13-21(25)31)14-22(32)27(35)36/h1-7,12-13,22H,8-11,14-15,32H2,(H,35,36)/t22-/m0/s1. The molecule has 0 bridgehead atoms. The molecule has 7 nitrogen and oxygen atoms in total. The molecule has 0 aliphatic rings. The molecule has 0 aliphatic carbocycles. The van der Waals surface area contributed by atoms with E-state index < -0.39 is 12.0 Å². The number of carboxylic acids is 1. The molecule has 1 aromatic heterocycles. The van der Waals surface area contributed by atoms with E-state index in [1.807, 2.05) is 42.5 Å². The number of benzene rings is 3. The predicted octanol–water partition coefficient (Wildman–Crippen LogP) is 6.62. The summed E-state index contributed by atoms with van der Waals surface area (Å²) in [5.41, 5.74) is 10.1. The fourth-order valence-electron chi connectivity index (χ4n) is 3.99. The van der Waals surface area contributed by atoms with E-state index in [4.69, 9.17) is 66.4 Å². The number of hydrogen-bond acceptors (Lipinski definition) is 6. The molecular formula is C27H25Cl4N3O4. The van der Waals surface area contributed by atoms with E-state index in [1.54, 1.807) is 12.1 Å². The van der Waals surface area contributed by atoms with Crippen LogP contribution in [-0.4, -0.2) is 47.0 Å². The van der Waals surface area contributed by atoms with Crippen LogP contribution in [0.25, 0.3) is 22.6 Å². The van der Waals surface area contributed by atoms with Gasteiger partial charge in [0.25, 0.3) is 0 Å². The molecule has 38 heavy (non-hydrogen) atoms. The quantitative estimate of drug-likeness (QED) is 0.177. The number of halogens is 4. The van der Waals surface area contributed by atoms with E-state index in [1.165, 1.54) is 0 Å². The molecule has 1 atom stereocenters. The molecule has 0 aliphatic heterocycles. The molecule has 3 aromatic carbocycles. The first-order valence-corrected chi connectivity index (χ1v) is 13.6. The van der Waals surface area contributed by atoms with Crippen LogP contribution < -0.4 is 15.4 Å². The van der Waals surface area contributed by atoms with Crippen molar-refractivity contribution in [2.45, 2.75) is 19.1 Å². The number of nitrogens with two attached hydrogens (primary N) is 1. The highest BCUT2D eigenvalue weighted by molar-refractivity contribution is 6.37. The number of aliphatic carboxylic acids is 1. The molecule has 0 amide bonds. The third-order valence-electron chi connectivity index (χ3n) is 5.89. The van der Waals surface area contributed by atoms with Gasteiger partial charge in [0.05, 0.1) is 10.0 Å². The van der Waals surface area contributed by atoms with Gasteiger partial charge in [-0.15, -0.1) is 23.2 Å². The maximum Gasteiger partial charge on any atom is 0.320 e. The second-order valence-electron chi connectivity index (χ2n) is 8.52. The molecular weight excluding hydrogens is 572 g/mol. The van der Waals surface area contributed by atoms with Gasteiger partial charge >= 0.3 is 5.97 Å². The summed E-state index contributed by atoms with van der Waals surface area (Å²) in [6.07, 6.45) is 0.0909. The maximum absolute atomic E-state index is 11.0. The molecule has 200 valence electrons. The molecule has 0 fully saturated rings. The molecule has 11 heteroatoms. The van der Waals surface area contributed by atoms with Crippen molar-refractivity contribution in [3.63, 3.8) is 0 Å². The van der Waals surface area contributed by atoms with Crippen LogP contribution in [0.5, 0.6) is 5.75 Å². The predicted molar refractivity (Wildman–Crippen MR) is 153 cm³/mol. The van der Waals surface area contributed by atoms with Gasteiger partial charge in [0, 0.05) is 41.7 Å².